The van der Waals surface area contributed by atoms with Gasteiger partial charge in [-0.3, -0.25) is 4.79 Å². The highest BCUT2D eigenvalue weighted by Crippen LogP contribution is 2.26. The molecular formula is C25H24ClNO3S. The van der Waals surface area contributed by atoms with Gasteiger partial charge in [0.1, 0.15) is 0 Å². The monoisotopic (exact) mass is 453 g/mol. The van der Waals surface area contributed by atoms with Crippen LogP contribution in [0.4, 0.5) is 5.69 Å². The third-order valence-corrected chi connectivity index (χ3v) is 6.75. The molecule has 0 radical (unpaired) electrons. The van der Waals surface area contributed by atoms with Crippen LogP contribution < -0.4 is 4.31 Å². The molecule has 0 saturated carbocycles. The first-order valence-corrected chi connectivity index (χ1v) is 11.9. The van der Waals surface area contributed by atoms with Crippen LogP contribution in [0.15, 0.2) is 89.8 Å². The highest BCUT2D eigenvalue weighted by atomic mass is 35.5. The van der Waals surface area contributed by atoms with Crippen molar-refractivity contribution in [2.75, 3.05) is 4.31 Å². The first kappa shape index (κ1) is 22.8. The van der Waals surface area contributed by atoms with Crippen LogP contribution in [-0.4, -0.2) is 14.3 Å². The van der Waals surface area contributed by atoms with Crippen molar-refractivity contribution in [3.05, 3.63) is 101 Å². The minimum Gasteiger partial charge on any atom is -0.268 e. The summed E-state index contributed by atoms with van der Waals surface area (Å²) in [5.74, 6) is -0.653. The lowest BCUT2D eigenvalue weighted by atomic mass is 10.1. The van der Waals surface area contributed by atoms with Gasteiger partial charge in [-0.2, -0.15) is 4.31 Å². The van der Waals surface area contributed by atoms with Gasteiger partial charge in [0.05, 0.1) is 10.6 Å². The summed E-state index contributed by atoms with van der Waals surface area (Å²) >= 11 is 5.91. The Bertz CT molecular complexity index is 1140. The zero-order valence-corrected chi connectivity index (χ0v) is 18.8. The number of carbonyl (C=O) groups is 1. The highest BCUT2D eigenvalue weighted by Gasteiger charge is 2.29. The average Bonchev–Trinajstić information content (AvgIpc) is 2.78. The van der Waals surface area contributed by atoms with E-state index in [9.17, 15) is 13.2 Å². The summed E-state index contributed by atoms with van der Waals surface area (Å²) in [5.41, 5.74) is 2.19. The molecule has 1 amide bonds. The van der Waals surface area contributed by atoms with Crippen LogP contribution in [0.25, 0.3) is 6.08 Å². The Kier molecular flexibility index (Phi) is 7.66. The van der Waals surface area contributed by atoms with Crippen molar-refractivity contribution in [1.82, 2.24) is 0 Å². The van der Waals surface area contributed by atoms with E-state index in [-0.39, 0.29) is 10.6 Å². The van der Waals surface area contributed by atoms with Crippen molar-refractivity contribution in [2.24, 2.45) is 0 Å². The smallest absolute Gasteiger partial charge is 0.268 e. The second kappa shape index (κ2) is 10.4. The number of anilines is 1. The average molecular weight is 454 g/mol. The van der Waals surface area contributed by atoms with Crippen LogP contribution in [0.1, 0.15) is 30.9 Å². The molecule has 0 saturated heterocycles. The zero-order chi connectivity index (χ0) is 22.3. The Labute approximate surface area is 188 Å². The molecule has 0 spiro atoms. The standard InChI is InChI=1S/C25H24ClNO3S/c1-2-3-7-21-10-15-23(16-11-21)27(25(28)19-12-20-8-5-4-6-9-20)31(29,30)24-17-13-22(26)14-18-24/h4-6,8-19H,2-3,7H2,1H3/b19-12+. The topological polar surface area (TPSA) is 54.5 Å². The first-order valence-electron chi connectivity index (χ1n) is 10.1. The Balaban J connectivity index is 1.99. The van der Waals surface area contributed by atoms with E-state index in [1.54, 1.807) is 18.2 Å². The lowest BCUT2D eigenvalue weighted by molar-refractivity contribution is -0.113. The molecule has 0 aliphatic heterocycles. The van der Waals surface area contributed by atoms with Crippen LogP contribution in [0.5, 0.6) is 0 Å². The number of rotatable bonds is 8. The van der Waals surface area contributed by atoms with Crippen LogP contribution in [-0.2, 0) is 21.2 Å². The number of sulfonamides is 1. The quantitative estimate of drug-likeness (QED) is 0.386. The van der Waals surface area contributed by atoms with Gasteiger partial charge in [0.15, 0.2) is 0 Å². The van der Waals surface area contributed by atoms with Crippen LogP contribution in [0.2, 0.25) is 5.02 Å². The second-order valence-corrected chi connectivity index (χ2v) is 9.30. The zero-order valence-electron chi connectivity index (χ0n) is 17.2. The van der Waals surface area contributed by atoms with Gasteiger partial charge in [0, 0.05) is 11.1 Å². The molecular weight excluding hydrogens is 430 g/mol. The SMILES string of the molecule is CCCCc1ccc(N(C(=O)/C=C/c2ccccc2)S(=O)(=O)c2ccc(Cl)cc2)cc1. The molecule has 0 bridgehead atoms. The number of aryl methyl sites for hydroxylation is 1. The molecule has 6 heteroatoms. The molecule has 31 heavy (non-hydrogen) atoms. The predicted octanol–water partition coefficient (Wildman–Crippen LogP) is 6.12. The van der Waals surface area contributed by atoms with Gasteiger partial charge in [-0.1, -0.05) is 67.4 Å². The summed E-state index contributed by atoms with van der Waals surface area (Å²) in [7, 11) is -4.13. The van der Waals surface area contributed by atoms with E-state index in [0.29, 0.717) is 5.02 Å². The summed E-state index contributed by atoms with van der Waals surface area (Å²) in [6.07, 6.45) is 5.89. The van der Waals surface area contributed by atoms with Crippen molar-refractivity contribution in [3.8, 4) is 0 Å². The third-order valence-electron chi connectivity index (χ3n) is 4.76. The molecule has 0 heterocycles. The molecule has 3 aromatic rings. The van der Waals surface area contributed by atoms with Crippen molar-refractivity contribution in [1.29, 1.82) is 0 Å². The molecule has 0 aromatic heterocycles. The number of benzene rings is 3. The van der Waals surface area contributed by atoms with Gasteiger partial charge in [-0.05, 0) is 66.4 Å². The maximum absolute atomic E-state index is 13.4. The van der Waals surface area contributed by atoms with Gasteiger partial charge < -0.3 is 0 Å². The van der Waals surface area contributed by atoms with E-state index in [2.05, 4.69) is 6.92 Å². The van der Waals surface area contributed by atoms with Crippen molar-refractivity contribution in [2.45, 2.75) is 31.1 Å². The number of nitrogens with zero attached hydrogens (tertiary/aromatic N) is 1. The normalized spacial score (nSPS) is 11.5. The largest absolute Gasteiger partial charge is 0.271 e. The molecule has 0 unspecified atom stereocenters. The molecule has 3 rings (SSSR count). The lowest BCUT2D eigenvalue weighted by Crippen LogP contribution is -2.35. The van der Waals surface area contributed by atoms with Gasteiger partial charge in [0.2, 0.25) is 0 Å². The minimum absolute atomic E-state index is 0.00609. The first-order chi connectivity index (χ1) is 14.9. The second-order valence-electron chi connectivity index (χ2n) is 7.08. The van der Waals surface area contributed by atoms with Crippen LogP contribution in [0, 0.1) is 0 Å². The Morgan fingerprint density at radius 3 is 2.19 bits per heavy atom. The fraction of sp³-hybridized carbons (Fsp3) is 0.160. The maximum Gasteiger partial charge on any atom is 0.271 e. The number of hydrogen-bond donors (Lipinski definition) is 0. The van der Waals surface area contributed by atoms with Gasteiger partial charge in [-0.15, -0.1) is 0 Å². The fourth-order valence-electron chi connectivity index (χ4n) is 3.07. The minimum atomic E-state index is -4.13. The Hall–Kier alpha value is -2.89. The Morgan fingerprint density at radius 2 is 1.58 bits per heavy atom. The number of amides is 1. The Morgan fingerprint density at radius 1 is 0.935 bits per heavy atom. The molecule has 0 fully saturated rings. The molecule has 0 atom stereocenters. The highest BCUT2D eigenvalue weighted by molar-refractivity contribution is 7.93. The molecule has 4 nitrogen and oxygen atoms in total. The summed E-state index contributed by atoms with van der Waals surface area (Å²) in [6, 6.07) is 22.1. The van der Waals surface area contributed by atoms with E-state index >= 15 is 0 Å². The summed E-state index contributed by atoms with van der Waals surface area (Å²) < 4.78 is 27.6. The molecule has 160 valence electrons. The third kappa shape index (κ3) is 5.84. The van der Waals surface area contributed by atoms with E-state index in [1.165, 1.54) is 30.3 Å². The van der Waals surface area contributed by atoms with Gasteiger partial charge in [-0.25, -0.2) is 8.42 Å². The summed E-state index contributed by atoms with van der Waals surface area (Å²) in [5, 5.41) is 0.418. The van der Waals surface area contributed by atoms with Crippen molar-refractivity contribution >= 4 is 39.3 Å². The van der Waals surface area contributed by atoms with E-state index in [1.807, 2.05) is 42.5 Å². The van der Waals surface area contributed by atoms with Crippen molar-refractivity contribution < 1.29 is 13.2 Å². The maximum atomic E-state index is 13.4. The molecule has 3 aromatic carbocycles. The fourth-order valence-corrected chi connectivity index (χ4v) is 4.59. The van der Waals surface area contributed by atoms with Crippen molar-refractivity contribution in [3.63, 3.8) is 0 Å². The van der Waals surface area contributed by atoms with Gasteiger partial charge in [0.25, 0.3) is 15.9 Å². The number of halogens is 1. The summed E-state index contributed by atoms with van der Waals surface area (Å²) in [6.45, 7) is 2.12. The number of hydrogen-bond acceptors (Lipinski definition) is 3. The van der Waals surface area contributed by atoms with E-state index < -0.39 is 15.9 Å². The molecule has 0 N–H and O–H groups in total. The van der Waals surface area contributed by atoms with E-state index in [0.717, 1.165) is 34.7 Å². The predicted molar refractivity (Wildman–Crippen MR) is 127 cm³/mol. The lowest BCUT2D eigenvalue weighted by Gasteiger charge is -2.22. The molecule has 0 aliphatic carbocycles. The number of unbranched alkanes of at least 4 members (excludes halogenated alkanes) is 1. The van der Waals surface area contributed by atoms with Crippen LogP contribution in [0.3, 0.4) is 0 Å². The number of carbonyl (C=O) groups excluding carboxylic acids is 1. The summed E-state index contributed by atoms with van der Waals surface area (Å²) in [4.78, 5) is 13.1. The van der Waals surface area contributed by atoms with Crippen LogP contribution >= 0.6 is 11.6 Å². The van der Waals surface area contributed by atoms with Gasteiger partial charge >= 0.3 is 0 Å². The van der Waals surface area contributed by atoms with E-state index in [4.69, 9.17) is 11.6 Å². The molecule has 0 aliphatic rings.